The summed E-state index contributed by atoms with van der Waals surface area (Å²) in [5.74, 6) is -0.974. The molecule has 0 bridgehead atoms. The molecule has 0 saturated heterocycles. The number of carboxylic acids is 1. The molecule has 0 unspecified atom stereocenters. The monoisotopic (exact) mass is 201 g/mol. The van der Waals surface area contributed by atoms with Crippen molar-refractivity contribution in [2.75, 3.05) is 0 Å². The van der Waals surface area contributed by atoms with Gasteiger partial charge in [0.25, 0.3) is 5.35 Å². The van der Waals surface area contributed by atoms with E-state index in [0.717, 1.165) is 19.3 Å². The quantitative estimate of drug-likeness (QED) is 0.798. The number of hydrogen-bond acceptors (Lipinski definition) is 3. The van der Waals surface area contributed by atoms with E-state index in [1.807, 2.05) is 0 Å². The topological polar surface area (TPSA) is 63.3 Å². The van der Waals surface area contributed by atoms with Gasteiger partial charge in [0.2, 0.25) is 5.76 Å². The van der Waals surface area contributed by atoms with Crippen LogP contribution in [-0.4, -0.2) is 16.1 Å². The summed E-state index contributed by atoms with van der Waals surface area (Å²) in [6.07, 6.45) is 3.07. The van der Waals surface area contributed by atoms with E-state index in [1.165, 1.54) is 0 Å². The second kappa shape index (κ2) is 3.03. The largest absolute Gasteiger partial charge is 0.475 e. The smallest absolute Gasteiger partial charge is 0.373 e. The van der Waals surface area contributed by atoms with Crippen molar-refractivity contribution in [1.29, 1.82) is 0 Å². The van der Waals surface area contributed by atoms with Crippen LogP contribution < -0.4 is 0 Å². The predicted octanol–water partition coefficient (Wildman–Crippen LogP) is 2.29. The van der Waals surface area contributed by atoms with E-state index >= 15 is 0 Å². The van der Waals surface area contributed by atoms with Crippen LogP contribution in [0.1, 0.15) is 41.4 Å². The fourth-order valence-electron chi connectivity index (χ4n) is 1.42. The number of hydrogen-bond donors (Lipinski definition) is 1. The Morgan fingerprint density at radius 1 is 1.62 bits per heavy atom. The number of rotatable bonds is 2. The van der Waals surface area contributed by atoms with Crippen molar-refractivity contribution in [3.8, 4) is 0 Å². The maximum absolute atomic E-state index is 10.7. The highest BCUT2D eigenvalue weighted by Gasteiger charge is 2.29. The summed E-state index contributed by atoms with van der Waals surface area (Å²) in [6, 6.07) is 0. The minimum absolute atomic E-state index is 0.0840. The number of aromatic nitrogens is 1. The summed E-state index contributed by atoms with van der Waals surface area (Å²) >= 11 is 5.49. The lowest BCUT2D eigenvalue weighted by Crippen LogP contribution is -2.13. The Hall–Kier alpha value is -1.03. The van der Waals surface area contributed by atoms with Gasteiger partial charge in [-0.25, -0.2) is 9.78 Å². The van der Waals surface area contributed by atoms with Crippen molar-refractivity contribution in [3.05, 3.63) is 16.8 Å². The van der Waals surface area contributed by atoms with Gasteiger partial charge in [-0.3, -0.25) is 0 Å². The molecule has 0 aliphatic heterocycles. The Labute approximate surface area is 79.5 Å². The molecule has 1 N–H and O–H groups in total. The second-order valence-electron chi connectivity index (χ2n) is 3.11. The van der Waals surface area contributed by atoms with Gasteiger partial charge < -0.3 is 9.52 Å². The maximum atomic E-state index is 10.7. The van der Waals surface area contributed by atoms with Gasteiger partial charge in [0.1, 0.15) is 0 Å². The molecule has 1 aromatic heterocycles. The summed E-state index contributed by atoms with van der Waals surface area (Å²) in [5.41, 5.74) is 0.503. The number of halogens is 1. The SMILES string of the molecule is O=C(O)c1oc(Cl)nc1C1CCC1. The molecule has 2 rings (SSSR count). The maximum Gasteiger partial charge on any atom is 0.373 e. The molecule has 0 atom stereocenters. The van der Waals surface area contributed by atoms with Crippen LogP contribution in [0.5, 0.6) is 0 Å². The molecule has 0 amide bonds. The molecule has 0 spiro atoms. The summed E-state index contributed by atoms with van der Waals surface area (Å²) in [6.45, 7) is 0. The highest BCUT2D eigenvalue weighted by atomic mass is 35.5. The van der Waals surface area contributed by atoms with E-state index < -0.39 is 5.97 Å². The zero-order valence-electron chi connectivity index (χ0n) is 6.79. The first-order chi connectivity index (χ1) is 6.18. The number of nitrogens with zero attached hydrogens (tertiary/aromatic N) is 1. The fourth-order valence-corrected chi connectivity index (χ4v) is 1.58. The van der Waals surface area contributed by atoms with Crippen LogP contribution in [0.2, 0.25) is 5.35 Å². The van der Waals surface area contributed by atoms with E-state index in [9.17, 15) is 4.79 Å². The van der Waals surface area contributed by atoms with E-state index in [2.05, 4.69) is 4.98 Å². The van der Waals surface area contributed by atoms with Crippen LogP contribution in [-0.2, 0) is 0 Å². The molecule has 0 aromatic carbocycles. The first kappa shape index (κ1) is 8.56. The Kier molecular flexibility index (Phi) is 2.00. The van der Waals surface area contributed by atoms with Crippen molar-refractivity contribution >= 4 is 17.6 Å². The molecular weight excluding hydrogens is 194 g/mol. The van der Waals surface area contributed by atoms with Crippen LogP contribution >= 0.6 is 11.6 Å². The van der Waals surface area contributed by atoms with Crippen molar-refractivity contribution in [1.82, 2.24) is 4.98 Å². The molecule has 4 nitrogen and oxygen atoms in total. The average Bonchev–Trinajstić information content (AvgIpc) is 2.27. The minimum Gasteiger partial charge on any atom is -0.475 e. The van der Waals surface area contributed by atoms with Crippen molar-refractivity contribution < 1.29 is 14.3 Å². The third kappa shape index (κ3) is 1.42. The molecule has 1 heterocycles. The van der Waals surface area contributed by atoms with Crippen molar-refractivity contribution in [2.24, 2.45) is 0 Å². The Bertz CT molecular complexity index is 343. The van der Waals surface area contributed by atoms with Gasteiger partial charge in [-0.1, -0.05) is 6.42 Å². The van der Waals surface area contributed by atoms with Gasteiger partial charge in [-0.15, -0.1) is 0 Å². The van der Waals surface area contributed by atoms with Crippen LogP contribution in [0, 0.1) is 0 Å². The van der Waals surface area contributed by atoms with Crippen molar-refractivity contribution in [3.63, 3.8) is 0 Å². The highest BCUT2D eigenvalue weighted by Crippen LogP contribution is 2.38. The lowest BCUT2D eigenvalue weighted by molar-refractivity contribution is 0.0659. The summed E-state index contributed by atoms with van der Waals surface area (Å²) in [4.78, 5) is 14.6. The standard InChI is InChI=1S/C8H8ClNO3/c9-8-10-5(4-2-1-3-4)6(13-8)7(11)12/h4H,1-3H2,(H,11,12). The zero-order valence-corrected chi connectivity index (χ0v) is 7.54. The van der Waals surface area contributed by atoms with E-state index in [4.69, 9.17) is 21.1 Å². The normalized spacial score (nSPS) is 17.0. The molecule has 13 heavy (non-hydrogen) atoms. The summed E-state index contributed by atoms with van der Waals surface area (Å²) < 4.78 is 4.79. The van der Waals surface area contributed by atoms with Crippen molar-refractivity contribution in [2.45, 2.75) is 25.2 Å². The fraction of sp³-hybridized carbons (Fsp3) is 0.500. The second-order valence-corrected chi connectivity index (χ2v) is 3.44. The predicted molar refractivity (Wildman–Crippen MR) is 45.1 cm³/mol. The lowest BCUT2D eigenvalue weighted by atomic mass is 9.82. The summed E-state index contributed by atoms with van der Waals surface area (Å²) in [7, 11) is 0. The molecule has 1 aliphatic rings. The number of carbonyl (C=O) groups is 1. The van der Waals surface area contributed by atoms with Gasteiger partial charge in [0.05, 0.1) is 5.69 Å². The highest BCUT2D eigenvalue weighted by molar-refractivity contribution is 6.27. The number of aromatic carboxylic acids is 1. The van der Waals surface area contributed by atoms with Crippen LogP contribution in [0.15, 0.2) is 4.42 Å². The molecule has 1 aliphatic carbocycles. The van der Waals surface area contributed by atoms with E-state index in [0.29, 0.717) is 5.69 Å². The Balaban J connectivity index is 2.36. The van der Waals surface area contributed by atoms with Crippen LogP contribution in [0.4, 0.5) is 0 Å². The summed E-state index contributed by atoms with van der Waals surface area (Å²) in [5, 5.41) is 8.67. The van der Waals surface area contributed by atoms with Gasteiger partial charge in [0, 0.05) is 5.92 Å². The molecule has 1 fully saturated rings. The third-order valence-electron chi connectivity index (χ3n) is 2.31. The zero-order chi connectivity index (χ0) is 9.42. The molecule has 1 saturated carbocycles. The van der Waals surface area contributed by atoms with Gasteiger partial charge in [-0.05, 0) is 24.4 Å². The van der Waals surface area contributed by atoms with Gasteiger partial charge in [-0.2, -0.15) is 0 Å². The molecular formula is C8H8ClNO3. The van der Waals surface area contributed by atoms with E-state index in [1.54, 1.807) is 0 Å². The molecule has 5 heteroatoms. The number of oxazole rings is 1. The van der Waals surface area contributed by atoms with Gasteiger partial charge >= 0.3 is 5.97 Å². The molecule has 1 aromatic rings. The van der Waals surface area contributed by atoms with Crippen LogP contribution in [0.3, 0.4) is 0 Å². The Morgan fingerprint density at radius 2 is 2.31 bits per heavy atom. The van der Waals surface area contributed by atoms with Crippen LogP contribution in [0.25, 0.3) is 0 Å². The first-order valence-corrected chi connectivity index (χ1v) is 4.46. The molecule has 70 valence electrons. The third-order valence-corrected chi connectivity index (χ3v) is 2.48. The van der Waals surface area contributed by atoms with E-state index in [-0.39, 0.29) is 17.0 Å². The minimum atomic E-state index is -1.10. The average molecular weight is 202 g/mol. The van der Waals surface area contributed by atoms with Gasteiger partial charge in [0.15, 0.2) is 0 Å². The lowest BCUT2D eigenvalue weighted by Gasteiger charge is -2.23. The Morgan fingerprint density at radius 3 is 2.77 bits per heavy atom. The number of carboxylic acid groups (broad SMARTS) is 1. The molecule has 0 radical (unpaired) electrons. The first-order valence-electron chi connectivity index (χ1n) is 4.08.